The third-order valence-electron chi connectivity index (χ3n) is 3.19. The van der Waals surface area contributed by atoms with Crippen LogP contribution in [-0.2, 0) is 0 Å². The predicted molar refractivity (Wildman–Crippen MR) is 93.1 cm³/mol. The summed E-state index contributed by atoms with van der Waals surface area (Å²) in [4.78, 5) is 9.41. The first kappa shape index (κ1) is 15.5. The first-order valence-corrected chi connectivity index (χ1v) is 8.38. The second-order valence-electron chi connectivity index (χ2n) is 4.68. The van der Waals surface area contributed by atoms with Crippen LogP contribution in [0.5, 0.6) is 0 Å². The molecule has 0 radical (unpaired) electrons. The Morgan fingerprint density at radius 3 is 2.64 bits per heavy atom. The van der Waals surface area contributed by atoms with Gasteiger partial charge < -0.3 is 10.4 Å². The van der Waals surface area contributed by atoms with Crippen LogP contribution in [-0.4, -0.2) is 28.2 Å². The van der Waals surface area contributed by atoms with E-state index in [0.717, 1.165) is 21.3 Å². The molecule has 4 nitrogen and oxygen atoms in total. The average molecular weight is 354 g/mol. The quantitative estimate of drug-likeness (QED) is 0.525. The van der Waals surface area contributed by atoms with Crippen molar-refractivity contribution >= 4 is 50.6 Å². The fourth-order valence-corrected chi connectivity index (χ4v) is 3.46. The molecule has 0 saturated carbocycles. The van der Waals surface area contributed by atoms with Crippen LogP contribution in [0, 0.1) is 0 Å². The van der Waals surface area contributed by atoms with E-state index >= 15 is 0 Å². The Bertz CT molecular complexity index is 789. The lowest BCUT2D eigenvalue weighted by Crippen LogP contribution is -2.06. The Hall–Kier alpha value is -1.40. The first-order chi connectivity index (χ1) is 10.7. The van der Waals surface area contributed by atoms with Crippen LogP contribution in [0.1, 0.15) is 6.42 Å². The van der Waals surface area contributed by atoms with Gasteiger partial charge in [0.15, 0.2) is 0 Å². The molecule has 7 heteroatoms. The molecule has 3 aromatic rings. The van der Waals surface area contributed by atoms with Gasteiger partial charge in [-0.1, -0.05) is 23.7 Å². The summed E-state index contributed by atoms with van der Waals surface area (Å²) in [7, 11) is 0. The number of nitrogens with one attached hydrogen (secondary N) is 1. The third kappa shape index (κ3) is 3.17. The topological polar surface area (TPSA) is 58.0 Å². The van der Waals surface area contributed by atoms with Gasteiger partial charge in [0, 0.05) is 29.1 Å². The Morgan fingerprint density at radius 2 is 1.91 bits per heavy atom. The molecule has 22 heavy (non-hydrogen) atoms. The molecule has 2 heterocycles. The number of aromatic nitrogens is 2. The number of anilines is 1. The average Bonchev–Trinajstić information content (AvgIpc) is 2.92. The minimum absolute atomic E-state index is 0.128. The van der Waals surface area contributed by atoms with Crippen LogP contribution in [0.2, 0.25) is 10.3 Å². The Balaban J connectivity index is 2.09. The molecule has 2 aromatic heterocycles. The highest BCUT2D eigenvalue weighted by atomic mass is 35.5. The van der Waals surface area contributed by atoms with Gasteiger partial charge >= 0.3 is 0 Å². The van der Waals surface area contributed by atoms with Crippen molar-refractivity contribution in [3.05, 3.63) is 40.0 Å². The Morgan fingerprint density at radius 1 is 1.14 bits per heavy atom. The highest BCUT2D eigenvalue weighted by Crippen LogP contribution is 2.37. The van der Waals surface area contributed by atoms with Crippen molar-refractivity contribution in [2.45, 2.75) is 6.42 Å². The summed E-state index contributed by atoms with van der Waals surface area (Å²) in [6.07, 6.45) is 0.642. The summed E-state index contributed by atoms with van der Waals surface area (Å²) in [6.45, 7) is 0.748. The highest BCUT2D eigenvalue weighted by molar-refractivity contribution is 7.17. The van der Waals surface area contributed by atoms with Crippen LogP contribution in [0.25, 0.3) is 21.3 Å². The number of halogens is 2. The molecule has 2 N–H and O–H groups in total. The van der Waals surface area contributed by atoms with Crippen LogP contribution in [0.3, 0.4) is 0 Å². The zero-order chi connectivity index (χ0) is 15.5. The minimum atomic E-state index is 0.128. The predicted octanol–water partition coefficient (Wildman–Crippen LogP) is 4.46. The van der Waals surface area contributed by atoms with Gasteiger partial charge in [-0.3, -0.25) is 0 Å². The third-order valence-corrected chi connectivity index (χ3v) is 4.48. The summed E-state index contributed by atoms with van der Waals surface area (Å²) < 4.78 is 0. The van der Waals surface area contributed by atoms with Crippen LogP contribution in [0.4, 0.5) is 5.82 Å². The molecule has 0 atom stereocenters. The molecule has 1 aromatic carbocycles. The molecule has 0 aliphatic rings. The second-order valence-corrected chi connectivity index (χ2v) is 6.31. The molecule has 0 unspecified atom stereocenters. The normalized spacial score (nSPS) is 11.0. The fraction of sp³-hybridized carbons (Fsp3) is 0.200. The Kier molecular flexibility index (Phi) is 4.78. The first-order valence-electron chi connectivity index (χ1n) is 6.74. The van der Waals surface area contributed by atoms with Crippen molar-refractivity contribution in [2.24, 2.45) is 0 Å². The maximum Gasteiger partial charge on any atom is 0.225 e. The van der Waals surface area contributed by atoms with Gasteiger partial charge in [0.1, 0.15) is 10.6 Å². The molecule has 0 amide bonds. The maximum atomic E-state index is 8.92. The van der Waals surface area contributed by atoms with Gasteiger partial charge in [-0.2, -0.15) is 0 Å². The molecule has 0 aliphatic heterocycles. The minimum Gasteiger partial charge on any atom is -0.396 e. The van der Waals surface area contributed by atoms with Crippen molar-refractivity contribution in [1.82, 2.24) is 9.97 Å². The smallest absolute Gasteiger partial charge is 0.225 e. The fourth-order valence-electron chi connectivity index (χ4n) is 2.17. The van der Waals surface area contributed by atoms with Crippen molar-refractivity contribution < 1.29 is 5.11 Å². The van der Waals surface area contributed by atoms with Crippen molar-refractivity contribution in [3.63, 3.8) is 0 Å². The van der Waals surface area contributed by atoms with Crippen LogP contribution < -0.4 is 5.32 Å². The summed E-state index contributed by atoms with van der Waals surface area (Å²) in [6, 6.07) is 7.65. The molecular formula is C15H13Cl2N3OS. The lowest BCUT2D eigenvalue weighted by Gasteiger charge is -2.08. The van der Waals surface area contributed by atoms with E-state index in [9.17, 15) is 0 Å². The van der Waals surface area contributed by atoms with Gasteiger partial charge in [-0.05, 0) is 35.7 Å². The number of hydrogen-bond donors (Lipinski definition) is 2. The summed E-state index contributed by atoms with van der Waals surface area (Å²) in [5, 5.41) is 16.0. The summed E-state index contributed by atoms with van der Waals surface area (Å²) >= 11 is 13.5. The van der Waals surface area contributed by atoms with E-state index in [4.69, 9.17) is 28.3 Å². The van der Waals surface area contributed by atoms with Crippen LogP contribution in [0.15, 0.2) is 29.6 Å². The number of benzene rings is 1. The van der Waals surface area contributed by atoms with E-state index in [0.29, 0.717) is 23.8 Å². The zero-order valence-corrected chi connectivity index (χ0v) is 13.8. The van der Waals surface area contributed by atoms with Gasteiger partial charge in [-0.25, -0.2) is 9.97 Å². The maximum absolute atomic E-state index is 8.92. The monoisotopic (exact) mass is 353 g/mol. The molecule has 3 rings (SSSR count). The Labute approximate surface area is 141 Å². The number of aliphatic hydroxyl groups excluding tert-OH is 1. The lowest BCUT2D eigenvalue weighted by molar-refractivity contribution is 0.292. The SMILES string of the molecule is OCCCNc1nc(Cl)nc2scc(-c3ccc(Cl)cc3)c12. The van der Waals surface area contributed by atoms with E-state index in [-0.39, 0.29) is 11.9 Å². The number of thiophene rings is 1. The summed E-state index contributed by atoms with van der Waals surface area (Å²) in [5.74, 6) is 0.689. The summed E-state index contributed by atoms with van der Waals surface area (Å²) in [5.41, 5.74) is 2.09. The lowest BCUT2D eigenvalue weighted by atomic mass is 10.1. The van der Waals surface area contributed by atoms with Crippen LogP contribution >= 0.6 is 34.5 Å². The number of rotatable bonds is 5. The van der Waals surface area contributed by atoms with E-state index in [1.54, 1.807) is 0 Å². The number of aliphatic hydroxyl groups is 1. The van der Waals surface area contributed by atoms with Crippen molar-refractivity contribution in [3.8, 4) is 11.1 Å². The van der Waals surface area contributed by atoms with Crippen molar-refractivity contribution in [1.29, 1.82) is 0 Å². The number of nitrogens with zero attached hydrogens (tertiary/aromatic N) is 2. The van der Waals surface area contributed by atoms with E-state index in [2.05, 4.69) is 15.3 Å². The molecule has 0 saturated heterocycles. The van der Waals surface area contributed by atoms with Gasteiger partial charge in [-0.15, -0.1) is 11.3 Å². The van der Waals surface area contributed by atoms with E-state index < -0.39 is 0 Å². The van der Waals surface area contributed by atoms with E-state index in [1.165, 1.54) is 11.3 Å². The molecule has 0 bridgehead atoms. The molecule has 0 fully saturated rings. The largest absolute Gasteiger partial charge is 0.396 e. The standard InChI is InChI=1S/C15H13Cl2N3OS/c16-10-4-2-9(3-5-10)11-8-22-14-12(11)13(18-6-1-7-21)19-15(17)20-14/h2-5,8,21H,1,6-7H2,(H,18,19,20). The molecule has 0 aliphatic carbocycles. The van der Waals surface area contributed by atoms with Gasteiger partial charge in [0.05, 0.1) is 5.39 Å². The van der Waals surface area contributed by atoms with E-state index in [1.807, 2.05) is 29.6 Å². The second kappa shape index (κ2) is 6.79. The van der Waals surface area contributed by atoms with Crippen molar-refractivity contribution in [2.75, 3.05) is 18.5 Å². The highest BCUT2D eigenvalue weighted by Gasteiger charge is 2.14. The number of hydrogen-bond acceptors (Lipinski definition) is 5. The molecule has 0 spiro atoms. The molecule has 114 valence electrons. The zero-order valence-electron chi connectivity index (χ0n) is 11.5. The molecular weight excluding hydrogens is 341 g/mol. The van der Waals surface area contributed by atoms with Gasteiger partial charge in [0.2, 0.25) is 5.28 Å². The van der Waals surface area contributed by atoms with Gasteiger partial charge in [0.25, 0.3) is 0 Å². The number of fused-ring (bicyclic) bond motifs is 1.